The summed E-state index contributed by atoms with van der Waals surface area (Å²) < 4.78 is 49.1. The molecule has 1 aliphatic carbocycles. The summed E-state index contributed by atoms with van der Waals surface area (Å²) in [5, 5.41) is 3.99. The fourth-order valence-corrected chi connectivity index (χ4v) is 5.50. The molecule has 1 saturated carbocycles. The fourth-order valence-electron chi connectivity index (χ4n) is 5.50. The van der Waals surface area contributed by atoms with Crippen LogP contribution in [-0.4, -0.2) is 48.6 Å². The van der Waals surface area contributed by atoms with Crippen molar-refractivity contribution in [1.82, 2.24) is 29.0 Å². The number of carbonyl (C=O) groups excluding carboxylic acids is 1. The molecule has 2 aliphatic rings. The molecule has 12 heteroatoms. The van der Waals surface area contributed by atoms with Crippen LogP contribution in [0.2, 0.25) is 0 Å². The van der Waals surface area contributed by atoms with Crippen LogP contribution in [0.4, 0.5) is 19.0 Å². The molecule has 1 fully saturated rings. The van der Waals surface area contributed by atoms with E-state index < -0.39 is 24.3 Å². The number of fused-ring (bicyclic) bond motifs is 4. The van der Waals surface area contributed by atoms with E-state index >= 15 is 4.39 Å². The maximum atomic E-state index is 15.1. The Balaban J connectivity index is 1.14. The topological polar surface area (TPSA) is 104 Å². The normalized spacial score (nSPS) is 20.0. The smallest absolute Gasteiger partial charge is 0.333 e. The first-order chi connectivity index (χ1) is 18.8. The molecule has 9 nitrogen and oxygen atoms in total. The maximum Gasteiger partial charge on any atom is 0.333 e. The summed E-state index contributed by atoms with van der Waals surface area (Å²) in [5.74, 6) is -0.0919. The van der Waals surface area contributed by atoms with Gasteiger partial charge in [-0.1, -0.05) is 12.1 Å². The van der Waals surface area contributed by atoms with Crippen LogP contribution < -0.4 is 10.5 Å². The summed E-state index contributed by atoms with van der Waals surface area (Å²) in [7, 11) is 1.62. The number of ether oxygens (including phenoxy) is 1. The minimum atomic E-state index is -2.66. The highest BCUT2D eigenvalue weighted by molar-refractivity contribution is 5.98. The molecule has 1 amide bonds. The Morgan fingerprint density at radius 2 is 2.03 bits per heavy atom. The summed E-state index contributed by atoms with van der Waals surface area (Å²) in [6.07, 6.45) is 5.20. The molecule has 4 heterocycles. The van der Waals surface area contributed by atoms with Crippen LogP contribution >= 0.6 is 0 Å². The molecule has 2 aromatic carbocycles. The van der Waals surface area contributed by atoms with E-state index in [0.717, 1.165) is 17.5 Å². The Kier molecular flexibility index (Phi) is 5.09. The number of anilines is 1. The van der Waals surface area contributed by atoms with Crippen LogP contribution in [0.3, 0.4) is 0 Å². The Morgan fingerprint density at radius 3 is 2.82 bits per heavy atom. The molecule has 3 aromatic heterocycles. The van der Waals surface area contributed by atoms with E-state index in [2.05, 4.69) is 15.1 Å². The van der Waals surface area contributed by atoms with Crippen molar-refractivity contribution in [3.8, 4) is 5.75 Å². The predicted octanol–water partition coefficient (Wildman–Crippen LogP) is 4.67. The lowest BCUT2D eigenvalue weighted by atomic mass is 10.0. The standard InChI is InChI=1S/C27H22F3N7O2/c1-35(26(38)17-8-21-20(9-18(17)28)33-25(31)22-10-32-12-36(21)22)23-11-39-24-6-13(2-3-14(23)24)15-7-16(15)19-4-5-37(34-19)27(29)30/h2-6,8-10,12,15-16,23,27H,7,11H2,1H3,(H2,31,33)/t15-,16+,23+/m0/s1. The highest BCUT2D eigenvalue weighted by Gasteiger charge is 2.42. The third-order valence-electron chi connectivity index (χ3n) is 7.70. The van der Waals surface area contributed by atoms with E-state index in [-0.39, 0.29) is 29.8 Å². The first-order valence-corrected chi connectivity index (χ1v) is 12.4. The minimum absolute atomic E-state index is 0.0761. The van der Waals surface area contributed by atoms with Gasteiger partial charge in [0.25, 0.3) is 5.91 Å². The van der Waals surface area contributed by atoms with Crippen molar-refractivity contribution in [1.29, 1.82) is 0 Å². The lowest BCUT2D eigenvalue weighted by molar-refractivity contribution is 0.0561. The number of nitrogens with zero attached hydrogens (tertiary/aromatic N) is 6. The minimum Gasteiger partial charge on any atom is -0.491 e. The SMILES string of the molecule is CN(C(=O)c1cc2c(cc1F)nc(N)c1cncn12)[C@@H]1COc2cc([C@@H]3C[C@H]3c3ccn(C(F)F)n3)ccc21. The van der Waals surface area contributed by atoms with Gasteiger partial charge in [0.1, 0.15) is 29.5 Å². The van der Waals surface area contributed by atoms with Gasteiger partial charge in [-0.2, -0.15) is 13.9 Å². The van der Waals surface area contributed by atoms with Gasteiger partial charge in [-0.25, -0.2) is 19.0 Å². The second-order valence-corrected chi connectivity index (χ2v) is 9.95. The van der Waals surface area contributed by atoms with Gasteiger partial charge in [0.2, 0.25) is 0 Å². The van der Waals surface area contributed by atoms with E-state index in [4.69, 9.17) is 10.5 Å². The number of aromatic nitrogens is 5. The predicted molar refractivity (Wildman–Crippen MR) is 135 cm³/mol. The summed E-state index contributed by atoms with van der Waals surface area (Å²) in [5.41, 5.74) is 9.75. The number of amides is 1. The molecule has 0 bridgehead atoms. The number of hydrogen-bond donors (Lipinski definition) is 1. The number of hydrogen-bond acceptors (Lipinski definition) is 6. The Morgan fingerprint density at radius 1 is 1.18 bits per heavy atom. The van der Waals surface area contributed by atoms with Crippen LogP contribution in [0.1, 0.15) is 58.0 Å². The number of imidazole rings is 1. The number of halogens is 3. The zero-order valence-electron chi connectivity index (χ0n) is 20.6. The number of nitrogen functional groups attached to an aromatic ring is 1. The van der Waals surface area contributed by atoms with Gasteiger partial charge in [-0.15, -0.1) is 0 Å². The zero-order valence-corrected chi connectivity index (χ0v) is 20.6. The van der Waals surface area contributed by atoms with Crippen molar-refractivity contribution in [3.63, 3.8) is 0 Å². The molecule has 2 N–H and O–H groups in total. The second-order valence-electron chi connectivity index (χ2n) is 9.95. The van der Waals surface area contributed by atoms with Gasteiger partial charge in [-0.3, -0.25) is 9.20 Å². The first-order valence-electron chi connectivity index (χ1n) is 12.4. The Bertz CT molecular complexity index is 1780. The van der Waals surface area contributed by atoms with E-state index in [1.807, 2.05) is 18.2 Å². The molecule has 0 unspecified atom stereocenters. The van der Waals surface area contributed by atoms with E-state index in [9.17, 15) is 13.6 Å². The molecule has 198 valence electrons. The molecule has 0 radical (unpaired) electrons. The zero-order chi connectivity index (χ0) is 27.0. The Hall–Kier alpha value is -4.61. The summed E-state index contributed by atoms with van der Waals surface area (Å²) in [4.78, 5) is 23.3. The van der Waals surface area contributed by atoms with Gasteiger partial charge in [0.15, 0.2) is 0 Å². The first kappa shape index (κ1) is 23.5. The lowest BCUT2D eigenvalue weighted by Crippen LogP contribution is -2.32. The molecule has 1 aliphatic heterocycles. The number of benzene rings is 2. The van der Waals surface area contributed by atoms with Crippen molar-refractivity contribution in [2.45, 2.75) is 30.8 Å². The van der Waals surface area contributed by atoms with Gasteiger partial charge in [0.05, 0.1) is 40.9 Å². The monoisotopic (exact) mass is 533 g/mol. The highest BCUT2D eigenvalue weighted by Crippen LogP contribution is 2.55. The average molecular weight is 534 g/mol. The summed E-state index contributed by atoms with van der Waals surface area (Å²) >= 11 is 0. The van der Waals surface area contributed by atoms with Crippen molar-refractivity contribution < 1.29 is 22.7 Å². The second kappa shape index (κ2) is 8.45. The van der Waals surface area contributed by atoms with Crippen LogP contribution in [0.15, 0.2) is 55.1 Å². The number of likely N-dealkylation sites (N-methyl/N-ethyl adjacent to an activating group) is 1. The largest absolute Gasteiger partial charge is 0.491 e. The molecule has 39 heavy (non-hydrogen) atoms. The van der Waals surface area contributed by atoms with Gasteiger partial charge in [0, 0.05) is 30.8 Å². The van der Waals surface area contributed by atoms with Crippen molar-refractivity contribution >= 4 is 28.3 Å². The molecule has 3 atom stereocenters. The van der Waals surface area contributed by atoms with E-state index in [1.54, 1.807) is 30.0 Å². The Labute approximate surface area is 219 Å². The number of alkyl halides is 2. The third kappa shape index (κ3) is 3.69. The van der Waals surface area contributed by atoms with Crippen molar-refractivity contribution in [2.24, 2.45) is 0 Å². The quantitative estimate of drug-likeness (QED) is 0.352. The number of carbonyl (C=O) groups is 1. The molecular formula is C27H22F3N7O2. The van der Waals surface area contributed by atoms with Crippen molar-refractivity contribution in [2.75, 3.05) is 19.4 Å². The van der Waals surface area contributed by atoms with Gasteiger partial charge < -0.3 is 15.4 Å². The van der Waals surface area contributed by atoms with Crippen LogP contribution in [0, 0.1) is 5.82 Å². The number of nitrogens with two attached hydrogens (primary N) is 1. The van der Waals surface area contributed by atoms with Gasteiger partial charge >= 0.3 is 6.55 Å². The van der Waals surface area contributed by atoms with Gasteiger partial charge in [-0.05, 0) is 36.1 Å². The molecule has 7 rings (SSSR count). The lowest BCUT2D eigenvalue weighted by Gasteiger charge is -2.24. The molecule has 0 spiro atoms. The fraction of sp³-hybridized carbons (Fsp3) is 0.259. The molecule has 0 saturated heterocycles. The molecule has 5 aromatic rings. The maximum absolute atomic E-state index is 15.1. The number of rotatable bonds is 5. The average Bonchev–Trinajstić information content (AvgIpc) is 3.30. The van der Waals surface area contributed by atoms with E-state index in [1.165, 1.54) is 23.2 Å². The van der Waals surface area contributed by atoms with Crippen LogP contribution in [0.5, 0.6) is 5.75 Å². The molecular weight excluding hydrogens is 511 g/mol. The van der Waals surface area contributed by atoms with Crippen molar-refractivity contribution in [3.05, 3.63) is 83.3 Å². The summed E-state index contributed by atoms with van der Waals surface area (Å²) in [6, 6.07) is 9.71. The summed E-state index contributed by atoms with van der Waals surface area (Å²) in [6.45, 7) is -2.43. The highest BCUT2D eigenvalue weighted by atomic mass is 19.3. The third-order valence-corrected chi connectivity index (χ3v) is 7.70. The van der Waals surface area contributed by atoms with E-state index in [0.29, 0.717) is 32.7 Å². The van der Waals surface area contributed by atoms with Crippen LogP contribution in [0.25, 0.3) is 16.6 Å². The van der Waals surface area contributed by atoms with Crippen LogP contribution in [-0.2, 0) is 0 Å².